The first-order valence-electron chi connectivity index (χ1n) is 7.32. The molecule has 4 aromatic rings. The molecule has 0 amide bonds. The lowest BCUT2D eigenvalue weighted by Gasteiger charge is -1.99. The van der Waals surface area contributed by atoms with Gasteiger partial charge >= 0.3 is 0 Å². The van der Waals surface area contributed by atoms with Crippen molar-refractivity contribution in [3.63, 3.8) is 0 Å². The molecule has 0 unspecified atom stereocenters. The van der Waals surface area contributed by atoms with Crippen LogP contribution in [0, 0.1) is 12.7 Å². The van der Waals surface area contributed by atoms with Gasteiger partial charge in [0.05, 0.1) is 16.3 Å². The molecule has 0 radical (unpaired) electrons. The van der Waals surface area contributed by atoms with Crippen molar-refractivity contribution in [1.82, 2.24) is 15.1 Å². The highest BCUT2D eigenvalue weighted by molar-refractivity contribution is 7.09. The normalized spacial score (nSPS) is 10.9. The van der Waals surface area contributed by atoms with Gasteiger partial charge in [-0.05, 0) is 25.1 Å². The van der Waals surface area contributed by atoms with Crippen LogP contribution in [0.25, 0.3) is 34.1 Å². The number of thiazole rings is 1. The van der Waals surface area contributed by atoms with Gasteiger partial charge in [0.1, 0.15) is 5.82 Å². The molecule has 118 valence electrons. The molecule has 2 aromatic carbocycles. The summed E-state index contributed by atoms with van der Waals surface area (Å²) in [5, 5.41) is 6.99. The highest BCUT2D eigenvalue weighted by Crippen LogP contribution is 2.28. The van der Waals surface area contributed by atoms with E-state index in [1.165, 1.54) is 6.07 Å². The van der Waals surface area contributed by atoms with Gasteiger partial charge in [-0.15, -0.1) is 11.3 Å². The summed E-state index contributed by atoms with van der Waals surface area (Å²) in [4.78, 5) is 8.80. The largest absolute Gasteiger partial charge is 0.334 e. The van der Waals surface area contributed by atoms with Crippen LogP contribution in [-0.2, 0) is 0 Å². The third kappa shape index (κ3) is 2.72. The van der Waals surface area contributed by atoms with Crippen LogP contribution in [0.2, 0.25) is 0 Å². The third-order valence-corrected chi connectivity index (χ3v) is 4.34. The predicted molar refractivity (Wildman–Crippen MR) is 91.0 cm³/mol. The Morgan fingerprint density at radius 1 is 1.00 bits per heavy atom. The van der Waals surface area contributed by atoms with Gasteiger partial charge in [0.25, 0.3) is 5.89 Å². The maximum Gasteiger partial charge on any atom is 0.261 e. The molecule has 4 nitrogen and oxygen atoms in total. The summed E-state index contributed by atoms with van der Waals surface area (Å²) in [5.41, 5.74) is 2.98. The van der Waals surface area contributed by atoms with E-state index in [0.29, 0.717) is 11.4 Å². The molecule has 0 spiro atoms. The smallest absolute Gasteiger partial charge is 0.261 e. The SMILES string of the molecule is Cc1nc(-c2cccc(-c3noc(-c4ccccc4F)n3)c2)cs1. The Hall–Kier alpha value is -2.86. The van der Waals surface area contributed by atoms with E-state index in [1.54, 1.807) is 29.5 Å². The Balaban J connectivity index is 1.72. The van der Waals surface area contributed by atoms with E-state index in [-0.39, 0.29) is 11.7 Å². The summed E-state index contributed by atoms with van der Waals surface area (Å²) in [6, 6.07) is 14.1. The summed E-state index contributed by atoms with van der Waals surface area (Å²) in [5.74, 6) is 0.194. The van der Waals surface area contributed by atoms with E-state index in [0.717, 1.165) is 21.8 Å². The van der Waals surface area contributed by atoms with E-state index < -0.39 is 0 Å². The van der Waals surface area contributed by atoms with Crippen molar-refractivity contribution in [2.75, 3.05) is 0 Å². The van der Waals surface area contributed by atoms with Crippen LogP contribution in [0.4, 0.5) is 4.39 Å². The van der Waals surface area contributed by atoms with Gasteiger partial charge in [-0.25, -0.2) is 9.37 Å². The topological polar surface area (TPSA) is 51.8 Å². The minimum absolute atomic E-state index is 0.165. The number of rotatable bonds is 3. The van der Waals surface area contributed by atoms with Crippen molar-refractivity contribution < 1.29 is 8.91 Å². The summed E-state index contributed by atoms with van der Waals surface area (Å²) in [6.45, 7) is 1.97. The van der Waals surface area contributed by atoms with E-state index in [9.17, 15) is 4.39 Å². The number of benzene rings is 2. The van der Waals surface area contributed by atoms with Crippen LogP contribution >= 0.6 is 11.3 Å². The van der Waals surface area contributed by atoms with Crippen molar-refractivity contribution in [3.8, 4) is 34.1 Å². The average Bonchev–Trinajstić information content (AvgIpc) is 3.25. The van der Waals surface area contributed by atoms with Crippen molar-refractivity contribution in [3.05, 3.63) is 64.7 Å². The highest BCUT2D eigenvalue weighted by Gasteiger charge is 2.14. The molecule has 0 aliphatic rings. The Bertz CT molecular complexity index is 1010. The zero-order chi connectivity index (χ0) is 16.5. The number of hydrogen-bond donors (Lipinski definition) is 0. The molecule has 0 bridgehead atoms. The van der Waals surface area contributed by atoms with E-state index in [2.05, 4.69) is 15.1 Å². The second-order valence-electron chi connectivity index (χ2n) is 5.24. The second kappa shape index (κ2) is 5.98. The van der Waals surface area contributed by atoms with Crippen molar-refractivity contribution in [2.24, 2.45) is 0 Å². The molecule has 0 aliphatic carbocycles. The molecule has 0 N–H and O–H groups in total. The fourth-order valence-electron chi connectivity index (χ4n) is 2.40. The maximum atomic E-state index is 13.8. The Morgan fingerprint density at radius 2 is 1.83 bits per heavy atom. The highest BCUT2D eigenvalue weighted by atomic mass is 32.1. The van der Waals surface area contributed by atoms with Crippen LogP contribution in [-0.4, -0.2) is 15.1 Å². The summed E-state index contributed by atoms with van der Waals surface area (Å²) in [7, 11) is 0. The molecule has 6 heteroatoms. The molecule has 24 heavy (non-hydrogen) atoms. The molecule has 0 saturated heterocycles. The standard InChI is InChI=1S/C18H12FN3OS/c1-11-20-16(10-24-11)12-5-4-6-13(9-12)17-21-18(23-22-17)14-7-2-3-8-15(14)19/h2-10H,1H3. The first-order valence-corrected chi connectivity index (χ1v) is 8.20. The zero-order valence-corrected chi connectivity index (χ0v) is 13.5. The molecule has 2 aromatic heterocycles. The van der Waals surface area contributed by atoms with Gasteiger partial charge in [0.15, 0.2) is 0 Å². The molecule has 0 atom stereocenters. The van der Waals surface area contributed by atoms with Gasteiger partial charge in [-0.2, -0.15) is 4.98 Å². The van der Waals surface area contributed by atoms with Crippen LogP contribution < -0.4 is 0 Å². The quantitative estimate of drug-likeness (QED) is 0.529. The van der Waals surface area contributed by atoms with Gasteiger partial charge < -0.3 is 4.52 Å². The Labute approximate surface area is 141 Å². The first kappa shape index (κ1) is 14.7. The fourth-order valence-corrected chi connectivity index (χ4v) is 3.02. The number of halogens is 1. The lowest BCUT2D eigenvalue weighted by Crippen LogP contribution is -1.85. The predicted octanol–water partition coefficient (Wildman–Crippen LogP) is 4.97. The van der Waals surface area contributed by atoms with Crippen molar-refractivity contribution in [1.29, 1.82) is 0 Å². The Kier molecular flexibility index (Phi) is 3.66. The van der Waals surface area contributed by atoms with Crippen molar-refractivity contribution >= 4 is 11.3 Å². The molecular formula is C18H12FN3OS. The van der Waals surface area contributed by atoms with E-state index >= 15 is 0 Å². The molecule has 2 heterocycles. The van der Waals surface area contributed by atoms with E-state index in [4.69, 9.17) is 4.52 Å². The summed E-state index contributed by atoms with van der Waals surface area (Å²) < 4.78 is 19.1. The van der Waals surface area contributed by atoms with Gasteiger partial charge in [0.2, 0.25) is 5.82 Å². The van der Waals surface area contributed by atoms with Crippen LogP contribution in [0.3, 0.4) is 0 Å². The number of aryl methyl sites for hydroxylation is 1. The minimum Gasteiger partial charge on any atom is -0.334 e. The van der Waals surface area contributed by atoms with Crippen LogP contribution in [0.15, 0.2) is 58.4 Å². The molecule has 4 rings (SSSR count). The average molecular weight is 337 g/mol. The fraction of sp³-hybridized carbons (Fsp3) is 0.0556. The monoisotopic (exact) mass is 337 g/mol. The number of aromatic nitrogens is 3. The molecule has 0 saturated carbocycles. The minimum atomic E-state index is -0.389. The van der Waals surface area contributed by atoms with Gasteiger partial charge in [0, 0.05) is 16.5 Å². The zero-order valence-electron chi connectivity index (χ0n) is 12.7. The van der Waals surface area contributed by atoms with Crippen LogP contribution in [0.5, 0.6) is 0 Å². The van der Waals surface area contributed by atoms with Crippen molar-refractivity contribution in [2.45, 2.75) is 6.92 Å². The van der Waals surface area contributed by atoms with E-state index in [1.807, 2.05) is 36.6 Å². The third-order valence-electron chi connectivity index (χ3n) is 3.57. The lowest BCUT2D eigenvalue weighted by atomic mass is 10.1. The molecular weight excluding hydrogens is 325 g/mol. The van der Waals surface area contributed by atoms with Gasteiger partial charge in [-0.3, -0.25) is 0 Å². The number of nitrogens with zero attached hydrogens (tertiary/aromatic N) is 3. The Morgan fingerprint density at radius 3 is 2.62 bits per heavy atom. The summed E-state index contributed by atoms with van der Waals surface area (Å²) in [6.07, 6.45) is 0. The number of hydrogen-bond acceptors (Lipinski definition) is 5. The lowest BCUT2D eigenvalue weighted by molar-refractivity contribution is 0.429. The summed E-state index contributed by atoms with van der Waals surface area (Å²) >= 11 is 1.60. The molecule has 0 aliphatic heterocycles. The molecule has 0 fully saturated rings. The van der Waals surface area contributed by atoms with Gasteiger partial charge in [-0.1, -0.05) is 35.5 Å². The second-order valence-corrected chi connectivity index (χ2v) is 6.30. The maximum absolute atomic E-state index is 13.8. The van der Waals surface area contributed by atoms with Crippen LogP contribution in [0.1, 0.15) is 5.01 Å². The first-order chi connectivity index (χ1) is 11.7.